The highest BCUT2D eigenvalue weighted by Crippen LogP contribution is 2.34. The molecule has 5 rings (SSSR count). The van der Waals surface area contributed by atoms with Crippen molar-refractivity contribution in [1.29, 1.82) is 0 Å². The van der Waals surface area contributed by atoms with Crippen LogP contribution in [0.2, 0.25) is 0 Å². The molecule has 0 amide bonds. The third-order valence-electron chi connectivity index (χ3n) is 7.61. The minimum Gasteiger partial charge on any atom is -0.493 e. The Labute approximate surface area is 242 Å². The minimum absolute atomic E-state index is 0.0798. The van der Waals surface area contributed by atoms with Gasteiger partial charge in [-0.3, -0.25) is 0 Å². The van der Waals surface area contributed by atoms with E-state index in [1.165, 1.54) is 11.6 Å². The highest BCUT2D eigenvalue weighted by Gasteiger charge is 2.27. The van der Waals surface area contributed by atoms with Crippen LogP contribution in [-0.2, 0) is 16.1 Å². The molecule has 2 aliphatic heterocycles. The van der Waals surface area contributed by atoms with Crippen LogP contribution in [0.15, 0.2) is 66.7 Å². The molecule has 1 unspecified atom stereocenters. The van der Waals surface area contributed by atoms with E-state index < -0.39 is 0 Å². The van der Waals surface area contributed by atoms with Gasteiger partial charge in [-0.1, -0.05) is 30.3 Å². The van der Waals surface area contributed by atoms with Crippen LogP contribution >= 0.6 is 0 Å². The zero-order chi connectivity index (χ0) is 28.3. The van der Waals surface area contributed by atoms with Crippen molar-refractivity contribution in [3.05, 3.63) is 83.7 Å². The standard InChI is InChI=1S/C33H41FN2O5/c1-37-18-4-16-36-17-21-40-32-13-8-25(22-30(32)36)24-41-33-23-35-15-14-28(33)26-9-11-27(12-10-26)38-19-5-20-39-31-7-3-2-6-29(31)34/h2-3,6-13,22,28,33,35H,4-5,14-21,23-24H2,1H3/t28-,33?/m1/s1. The average Bonchev–Trinajstić information content (AvgIpc) is 3.01. The van der Waals surface area contributed by atoms with Crippen molar-refractivity contribution >= 4 is 5.69 Å². The van der Waals surface area contributed by atoms with Crippen LogP contribution in [0.3, 0.4) is 0 Å². The van der Waals surface area contributed by atoms with E-state index in [0.717, 1.165) is 68.4 Å². The molecule has 2 heterocycles. The van der Waals surface area contributed by atoms with E-state index in [1.807, 2.05) is 12.1 Å². The summed E-state index contributed by atoms with van der Waals surface area (Å²) in [5, 5.41) is 3.50. The van der Waals surface area contributed by atoms with E-state index in [2.05, 4.69) is 40.5 Å². The average molecular weight is 565 g/mol. The van der Waals surface area contributed by atoms with Crippen molar-refractivity contribution in [1.82, 2.24) is 5.32 Å². The van der Waals surface area contributed by atoms with E-state index in [4.69, 9.17) is 23.7 Å². The van der Waals surface area contributed by atoms with E-state index in [0.29, 0.717) is 38.8 Å². The van der Waals surface area contributed by atoms with Crippen molar-refractivity contribution in [2.75, 3.05) is 64.6 Å². The molecule has 1 fully saturated rings. The molecule has 0 bridgehead atoms. The zero-order valence-corrected chi connectivity index (χ0v) is 23.9. The fraction of sp³-hybridized carbons (Fsp3) is 0.455. The quantitative estimate of drug-likeness (QED) is 0.257. The smallest absolute Gasteiger partial charge is 0.165 e. The maximum atomic E-state index is 13.7. The first-order chi connectivity index (χ1) is 20.2. The van der Waals surface area contributed by atoms with Gasteiger partial charge in [0.1, 0.15) is 18.1 Å². The SMILES string of the molecule is COCCCN1CCOc2ccc(COC3CNCC[C@@H]3c3ccc(OCCCOc4ccccc4F)cc3)cc21. The number of hydrogen-bond donors (Lipinski definition) is 1. The summed E-state index contributed by atoms with van der Waals surface area (Å²) in [5.41, 5.74) is 3.55. The molecular formula is C33H41FN2O5. The Kier molecular flexibility index (Phi) is 10.7. The number of para-hydroxylation sites is 1. The molecule has 8 heteroatoms. The van der Waals surface area contributed by atoms with Crippen molar-refractivity contribution in [2.45, 2.75) is 37.9 Å². The fourth-order valence-electron chi connectivity index (χ4n) is 5.43. The first-order valence-electron chi connectivity index (χ1n) is 14.6. The Morgan fingerprint density at radius 1 is 0.976 bits per heavy atom. The minimum atomic E-state index is -0.346. The Bertz CT molecular complexity index is 1220. The molecule has 0 aliphatic carbocycles. The van der Waals surface area contributed by atoms with Crippen LogP contribution in [-0.4, -0.2) is 65.8 Å². The number of nitrogens with one attached hydrogen (secondary N) is 1. The lowest BCUT2D eigenvalue weighted by Gasteiger charge is -2.33. The van der Waals surface area contributed by atoms with Crippen molar-refractivity contribution < 1.29 is 28.1 Å². The molecule has 2 atom stereocenters. The van der Waals surface area contributed by atoms with Gasteiger partial charge in [-0.25, -0.2) is 4.39 Å². The van der Waals surface area contributed by atoms with Gasteiger partial charge in [-0.05, 0) is 66.9 Å². The molecule has 7 nitrogen and oxygen atoms in total. The number of methoxy groups -OCH3 is 1. The number of halogens is 1. The van der Waals surface area contributed by atoms with Crippen molar-refractivity contribution in [3.63, 3.8) is 0 Å². The number of anilines is 1. The molecule has 3 aromatic rings. The molecule has 0 saturated carbocycles. The van der Waals surface area contributed by atoms with Crippen LogP contribution < -0.4 is 24.4 Å². The summed E-state index contributed by atoms with van der Waals surface area (Å²) in [6.07, 6.45) is 2.75. The summed E-state index contributed by atoms with van der Waals surface area (Å²) in [4.78, 5) is 2.38. The fourth-order valence-corrected chi connectivity index (χ4v) is 5.43. The molecular weight excluding hydrogens is 523 g/mol. The summed E-state index contributed by atoms with van der Waals surface area (Å²) in [7, 11) is 1.74. The lowest BCUT2D eigenvalue weighted by molar-refractivity contribution is 0.0106. The number of piperidine rings is 1. The molecule has 0 radical (unpaired) electrons. The van der Waals surface area contributed by atoms with E-state index in [1.54, 1.807) is 25.3 Å². The van der Waals surface area contributed by atoms with Gasteiger partial charge in [0.15, 0.2) is 11.6 Å². The van der Waals surface area contributed by atoms with Crippen molar-refractivity contribution in [2.24, 2.45) is 0 Å². The van der Waals surface area contributed by atoms with Gasteiger partial charge in [-0.2, -0.15) is 0 Å². The first-order valence-corrected chi connectivity index (χ1v) is 14.6. The second kappa shape index (κ2) is 15.1. The van der Waals surface area contributed by atoms with Crippen molar-refractivity contribution in [3.8, 4) is 17.2 Å². The number of hydrogen-bond acceptors (Lipinski definition) is 7. The molecule has 0 spiro atoms. The van der Waals surface area contributed by atoms with Crippen LogP contribution in [0.25, 0.3) is 0 Å². The molecule has 41 heavy (non-hydrogen) atoms. The normalized spacial score (nSPS) is 18.4. The molecule has 1 saturated heterocycles. The topological polar surface area (TPSA) is 61.4 Å². The third-order valence-corrected chi connectivity index (χ3v) is 7.61. The van der Waals surface area contributed by atoms with Gasteiger partial charge in [0.25, 0.3) is 0 Å². The van der Waals surface area contributed by atoms with Gasteiger partial charge in [-0.15, -0.1) is 0 Å². The van der Waals surface area contributed by atoms with Crippen LogP contribution in [0.5, 0.6) is 17.2 Å². The second-order valence-electron chi connectivity index (χ2n) is 10.5. The van der Waals surface area contributed by atoms with Gasteiger partial charge in [0.05, 0.1) is 38.2 Å². The predicted molar refractivity (Wildman–Crippen MR) is 158 cm³/mol. The van der Waals surface area contributed by atoms with Crippen LogP contribution in [0.1, 0.15) is 36.3 Å². The Morgan fingerprint density at radius 2 is 1.83 bits per heavy atom. The highest BCUT2D eigenvalue weighted by atomic mass is 19.1. The summed E-state index contributed by atoms with van der Waals surface area (Å²) >= 11 is 0. The van der Waals surface area contributed by atoms with Crippen LogP contribution in [0.4, 0.5) is 10.1 Å². The number of benzene rings is 3. The second-order valence-corrected chi connectivity index (χ2v) is 10.5. The summed E-state index contributed by atoms with van der Waals surface area (Å²) in [5.74, 6) is 2.00. The van der Waals surface area contributed by atoms with Gasteiger partial charge >= 0.3 is 0 Å². The first kappa shape index (κ1) is 29.2. The van der Waals surface area contributed by atoms with Gasteiger partial charge < -0.3 is 33.9 Å². The monoisotopic (exact) mass is 564 g/mol. The number of nitrogens with zero attached hydrogens (tertiary/aromatic N) is 1. The maximum absolute atomic E-state index is 13.7. The van der Waals surface area contributed by atoms with E-state index >= 15 is 0 Å². The number of fused-ring (bicyclic) bond motifs is 1. The van der Waals surface area contributed by atoms with E-state index in [9.17, 15) is 4.39 Å². The Hall–Kier alpha value is -3.33. The van der Waals surface area contributed by atoms with Gasteiger partial charge in [0.2, 0.25) is 0 Å². The number of ether oxygens (including phenoxy) is 5. The molecule has 0 aromatic heterocycles. The highest BCUT2D eigenvalue weighted by molar-refractivity contribution is 5.61. The largest absolute Gasteiger partial charge is 0.493 e. The lowest BCUT2D eigenvalue weighted by Crippen LogP contribution is -2.41. The summed E-state index contributed by atoms with van der Waals surface area (Å²) in [6, 6.07) is 21.2. The molecule has 1 N–H and O–H groups in total. The van der Waals surface area contributed by atoms with E-state index in [-0.39, 0.29) is 17.7 Å². The zero-order valence-electron chi connectivity index (χ0n) is 23.9. The molecule has 3 aromatic carbocycles. The number of rotatable bonds is 14. The third kappa shape index (κ3) is 8.12. The molecule has 220 valence electrons. The Balaban J connectivity index is 1.11. The van der Waals surface area contributed by atoms with Crippen LogP contribution in [0, 0.1) is 5.82 Å². The van der Waals surface area contributed by atoms with Gasteiger partial charge in [0, 0.05) is 39.1 Å². The summed E-state index contributed by atoms with van der Waals surface area (Å²) < 4.78 is 42.7. The maximum Gasteiger partial charge on any atom is 0.165 e. The lowest BCUT2D eigenvalue weighted by atomic mass is 9.87. The summed E-state index contributed by atoms with van der Waals surface area (Å²) in [6.45, 7) is 6.54. The Morgan fingerprint density at radius 3 is 2.68 bits per heavy atom. The molecule has 2 aliphatic rings. The predicted octanol–water partition coefficient (Wildman–Crippen LogP) is 5.57.